The molecule has 0 saturated carbocycles. The van der Waals surface area contributed by atoms with E-state index in [1.165, 1.54) is 6.92 Å². The zero-order valence-corrected chi connectivity index (χ0v) is 20.5. The summed E-state index contributed by atoms with van der Waals surface area (Å²) in [4.78, 5) is 18.8. The van der Waals surface area contributed by atoms with Crippen LogP contribution in [0, 0.1) is 0 Å². The van der Waals surface area contributed by atoms with Gasteiger partial charge in [0.2, 0.25) is 5.96 Å². The summed E-state index contributed by atoms with van der Waals surface area (Å²) in [5.41, 5.74) is 1.53. The molecule has 4 rings (SSSR count). The maximum absolute atomic E-state index is 14.6. The second-order valence-corrected chi connectivity index (χ2v) is 7.88. The first kappa shape index (κ1) is 25.3. The molecule has 2 atom stereocenters. The van der Waals surface area contributed by atoms with Crippen LogP contribution in [0.2, 0.25) is 0 Å². The molecular formula is C24H37FN6O2. The van der Waals surface area contributed by atoms with E-state index in [1.54, 1.807) is 4.57 Å². The van der Waals surface area contributed by atoms with Crippen molar-refractivity contribution in [1.29, 1.82) is 0 Å². The maximum atomic E-state index is 14.6. The molecule has 2 unspecified atom stereocenters. The molecule has 1 aromatic heterocycles. The highest BCUT2D eigenvalue weighted by molar-refractivity contribution is 6.00. The summed E-state index contributed by atoms with van der Waals surface area (Å²) in [5, 5.41) is 0. The number of aromatic nitrogens is 2. The smallest absolute Gasteiger partial charge is 0.234 e. The van der Waals surface area contributed by atoms with E-state index < -0.39 is 6.17 Å². The molecule has 182 valence electrons. The Bertz CT molecular complexity index is 946. The van der Waals surface area contributed by atoms with E-state index in [9.17, 15) is 4.39 Å². The fourth-order valence-corrected chi connectivity index (χ4v) is 3.96. The molecule has 0 radical (unpaired) electrons. The standard InChI is InChI=1S/C22H31FN6O2.C2H6/c1-16(23)21-26-19-6-4-5-7-20(19)29(21)22(24-17(2)27-8-12-30-13-9-27)25-18(3)28-10-14-31-15-11-28;1-2/h4-7,16-17H,8-15H2,1-3H3;1-2H3/b24-22+,25-18+;. The summed E-state index contributed by atoms with van der Waals surface area (Å²) in [6.07, 6.45) is -1.38. The molecule has 0 aliphatic carbocycles. The fourth-order valence-electron chi connectivity index (χ4n) is 3.96. The Morgan fingerprint density at radius 3 is 2.24 bits per heavy atom. The van der Waals surface area contributed by atoms with Gasteiger partial charge < -0.3 is 14.4 Å². The van der Waals surface area contributed by atoms with E-state index in [-0.39, 0.29) is 6.17 Å². The van der Waals surface area contributed by atoms with Crippen LogP contribution in [0.3, 0.4) is 0 Å². The molecule has 3 heterocycles. The third-order valence-corrected chi connectivity index (χ3v) is 5.75. The minimum atomic E-state index is -1.25. The average molecular weight is 461 g/mol. The molecule has 8 nitrogen and oxygen atoms in total. The quantitative estimate of drug-likeness (QED) is 0.516. The van der Waals surface area contributed by atoms with Crippen LogP contribution in [0.25, 0.3) is 11.0 Å². The Kier molecular flexibility index (Phi) is 9.34. The number of rotatable bonds is 3. The monoisotopic (exact) mass is 460 g/mol. The first-order valence-corrected chi connectivity index (χ1v) is 11.9. The predicted molar refractivity (Wildman–Crippen MR) is 131 cm³/mol. The van der Waals surface area contributed by atoms with Gasteiger partial charge in [0.25, 0.3) is 0 Å². The summed E-state index contributed by atoms with van der Waals surface area (Å²) in [6, 6.07) is 7.65. The topological polar surface area (TPSA) is 67.5 Å². The number of hydrogen-bond donors (Lipinski definition) is 0. The Balaban J connectivity index is 0.00000149. The largest absolute Gasteiger partial charge is 0.379 e. The van der Waals surface area contributed by atoms with Gasteiger partial charge in [0.15, 0.2) is 12.0 Å². The van der Waals surface area contributed by atoms with Gasteiger partial charge in [-0.1, -0.05) is 26.0 Å². The second kappa shape index (κ2) is 12.2. The van der Waals surface area contributed by atoms with Crippen LogP contribution in [0.15, 0.2) is 34.3 Å². The number of halogens is 1. The van der Waals surface area contributed by atoms with Crippen LogP contribution in [0.4, 0.5) is 4.39 Å². The number of ether oxygens (including phenoxy) is 2. The fraction of sp³-hybridized carbons (Fsp3) is 0.625. The summed E-state index contributed by atoms with van der Waals surface area (Å²) in [7, 11) is 0. The van der Waals surface area contributed by atoms with Crippen molar-refractivity contribution in [3.63, 3.8) is 0 Å². The number of imidazole rings is 1. The molecule has 0 N–H and O–H groups in total. The highest BCUT2D eigenvalue weighted by Gasteiger charge is 2.23. The molecule has 33 heavy (non-hydrogen) atoms. The van der Waals surface area contributed by atoms with Gasteiger partial charge in [-0.3, -0.25) is 9.47 Å². The van der Waals surface area contributed by atoms with Crippen molar-refractivity contribution in [2.24, 2.45) is 9.98 Å². The third-order valence-electron chi connectivity index (χ3n) is 5.75. The SMILES string of the molecule is C/C(=N\C(=N/C(C)N1CCOCC1)n1c(C(C)F)nc2ccccc21)N1CCOCC1.CC. The molecule has 2 aliphatic heterocycles. The van der Waals surface area contributed by atoms with E-state index in [2.05, 4.69) is 14.8 Å². The third kappa shape index (κ3) is 6.16. The highest BCUT2D eigenvalue weighted by Crippen LogP contribution is 2.24. The van der Waals surface area contributed by atoms with E-state index >= 15 is 0 Å². The zero-order chi connectivity index (χ0) is 23.8. The Morgan fingerprint density at radius 1 is 1.00 bits per heavy atom. The lowest BCUT2D eigenvalue weighted by Gasteiger charge is -2.31. The minimum Gasteiger partial charge on any atom is -0.379 e. The van der Waals surface area contributed by atoms with Gasteiger partial charge in [-0.05, 0) is 32.9 Å². The molecule has 2 fully saturated rings. The van der Waals surface area contributed by atoms with Gasteiger partial charge in [0.05, 0.1) is 37.5 Å². The first-order valence-electron chi connectivity index (χ1n) is 11.9. The molecule has 1 aromatic carbocycles. The van der Waals surface area contributed by atoms with Crippen molar-refractivity contribution in [3.05, 3.63) is 30.1 Å². The second-order valence-electron chi connectivity index (χ2n) is 7.88. The number of nitrogens with zero attached hydrogens (tertiary/aromatic N) is 6. The van der Waals surface area contributed by atoms with E-state index in [0.717, 1.165) is 43.0 Å². The van der Waals surface area contributed by atoms with Crippen LogP contribution in [-0.4, -0.2) is 89.9 Å². The van der Waals surface area contributed by atoms with Crippen molar-refractivity contribution < 1.29 is 13.9 Å². The average Bonchev–Trinajstić information content (AvgIpc) is 3.26. The number of benzene rings is 1. The lowest BCUT2D eigenvalue weighted by molar-refractivity contribution is 0.0219. The Morgan fingerprint density at radius 2 is 1.61 bits per heavy atom. The van der Waals surface area contributed by atoms with Crippen molar-refractivity contribution in [3.8, 4) is 0 Å². The zero-order valence-electron chi connectivity index (χ0n) is 20.5. The summed E-state index contributed by atoms with van der Waals surface area (Å²) < 4.78 is 27.3. The van der Waals surface area contributed by atoms with Gasteiger partial charge in [-0.25, -0.2) is 14.4 Å². The minimum absolute atomic E-state index is 0.121. The number of para-hydroxylation sites is 2. The van der Waals surface area contributed by atoms with E-state index in [4.69, 9.17) is 19.5 Å². The van der Waals surface area contributed by atoms with Crippen LogP contribution in [-0.2, 0) is 9.47 Å². The van der Waals surface area contributed by atoms with Crippen molar-refractivity contribution in [1.82, 2.24) is 19.4 Å². The molecule has 0 bridgehead atoms. The van der Waals surface area contributed by atoms with Crippen LogP contribution >= 0.6 is 0 Å². The molecule has 2 saturated heterocycles. The first-order chi connectivity index (χ1) is 16.0. The number of morpholine rings is 2. The van der Waals surface area contributed by atoms with Crippen LogP contribution in [0.1, 0.15) is 46.6 Å². The highest BCUT2D eigenvalue weighted by atomic mass is 19.1. The predicted octanol–water partition coefficient (Wildman–Crippen LogP) is 3.73. The summed E-state index contributed by atoms with van der Waals surface area (Å²) in [6.45, 7) is 15.4. The van der Waals surface area contributed by atoms with Gasteiger partial charge in [0, 0.05) is 26.2 Å². The number of hydrogen-bond acceptors (Lipinski definition) is 5. The normalized spacial score (nSPS) is 20.4. The van der Waals surface area contributed by atoms with E-state index in [1.807, 2.05) is 52.0 Å². The van der Waals surface area contributed by atoms with Crippen molar-refractivity contribution in [2.75, 3.05) is 52.6 Å². The van der Waals surface area contributed by atoms with Gasteiger partial charge >= 0.3 is 0 Å². The number of aliphatic imine (C=N–C) groups is 2. The number of fused-ring (bicyclic) bond motifs is 1. The van der Waals surface area contributed by atoms with Gasteiger partial charge in [-0.15, -0.1) is 0 Å². The van der Waals surface area contributed by atoms with Gasteiger partial charge in [-0.2, -0.15) is 4.99 Å². The maximum Gasteiger partial charge on any atom is 0.234 e. The molecule has 9 heteroatoms. The van der Waals surface area contributed by atoms with Gasteiger partial charge in [0.1, 0.15) is 12.0 Å². The molecule has 2 aromatic rings. The van der Waals surface area contributed by atoms with Crippen molar-refractivity contribution >= 4 is 22.8 Å². The number of amidine groups is 1. The molecule has 2 aliphatic rings. The van der Waals surface area contributed by atoms with Crippen molar-refractivity contribution in [2.45, 2.75) is 47.0 Å². The number of alkyl halides is 1. The summed E-state index contributed by atoms with van der Waals surface area (Å²) in [5.74, 6) is 1.61. The van der Waals surface area contributed by atoms with E-state index in [0.29, 0.717) is 38.2 Å². The molecule has 0 spiro atoms. The van der Waals surface area contributed by atoms with Crippen LogP contribution in [0.5, 0.6) is 0 Å². The molecular weight excluding hydrogens is 423 g/mol. The lowest BCUT2D eigenvalue weighted by atomic mass is 10.3. The summed E-state index contributed by atoms with van der Waals surface area (Å²) >= 11 is 0. The van der Waals surface area contributed by atoms with Crippen LogP contribution < -0.4 is 0 Å². The Labute approximate surface area is 196 Å². The lowest BCUT2D eigenvalue weighted by Crippen LogP contribution is -2.42. The Hall–Kier alpha value is -2.36. The molecule has 0 amide bonds.